The predicted molar refractivity (Wildman–Crippen MR) is 70.4 cm³/mol. The van der Waals surface area contributed by atoms with E-state index in [-0.39, 0.29) is 11.1 Å². The second-order valence-electron chi connectivity index (χ2n) is 4.50. The fraction of sp³-hybridized carbons (Fsp3) is 0.133. The molecule has 5 heteroatoms. The fourth-order valence-electron chi connectivity index (χ4n) is 2.23. The molecule has 1 aliphatic heterocycles. The highest BCUT2D eigenvalue weighted by Gasteiger charge is 2.23. The average Bonchev–Trinajstić information content (AvgIpc) is 2.88. The molecular weight excluding hydrogens is 286 g/mol. The number of fused-ring (bicyclic) bond motifs is 1. The van der Waals surface area contributed by atoms with Crippen molar-refractivity contribution < 1.29 is 18.3 Å². The van der Waals surface area contributed by atoms with E-state index in [0.717, 1.165) is 17.7 Å². The molecular formula is C15H9ClF2O2. The Balaban J connectivity index is 2.09. The molecule has 2 nitrogen and oxygen atoms in total. The van der Waals surface area contributed by atoms with Crippen LogP contribution in [-0.4, -0.2) is 12.4 Å². The molecule has 102 valence electrons. The fourth-order valence-corrected chi connectivity index (χ4v) is 2.47. The van der Waals surface area contributed by atoms with E-state index in [1.54, 1.807) is 6.07 Å². The van der Waals surface area contributed by atoms with E-state index in [2.05, 4.69) is 0 Å². The molecule has 2 aromatic carbocycles. The number of ketones is 1. The molecule has 2 aromatic rings. The highest BCUT2D eigenvalue weighted by Crippen LogP contribution is 2.34. The molecule has 0 N–H and O–H groups in total. The van der Waals surface area contributed by atoms with Crippen LogP contribution in [0.3, 0.4) is 0 Å². The minimum atomic E-state index is -1.06. The third-order valence-corrected chi connectivity index (χ3v) is 3.39. The quantitative estimate of drug-likeness (QED) is 0.788. The van der Waals surface area contributed by atoms with Gasteiger partial charge in [-0.2, -0.15) is 0 Å². The van der Waals surface area contributed by atoms with Gasteiger partial charge in [0.25, 0.3) is 0 Å². The molecule has 1 heterocycles. The zero-order valence-corrected chi connectivity index (χ0v) is 11.0. The first-order valence-corrected chi connectivity index (χ1v) is 6.39. The number of ether oxygens (including phenoxy) is 1. The highest BCUT2D eigenvalue weighted by atomic mass is 35.5. The molecule has 0 saturated carbocycles. The number of halogens is 3. The van der Waals surface area contributed by atoms with E-state index >= 15 is 0 Å². The molecule has 20 heavy (non-hydrogen) atoms. The van der Waals surface area contributed by atoms with Gasteiger partial charge in [-0.15, -0.1) is 0 Å². The van der Waals surface area contributed by atoms with E-state index < -0.39 is 17.4 Å². The molecule has 0 unspecified atom stereocenters. The van der Waals surface area contributed by atoms with Crippen molar-refractivity contribution >= 4 is 17.4 Å². The summed E-state index contributed by atoms with van der Waals surface area (Å²) in [5, 5.41) is 0.417. The zero-order chi connectivity index (χ0) is 14.3. The van der Waals surface area contributed by atoms with Gasteiger partial charge >= 0.3 is 0 Å². The third-order valence-electron chi connectivity index (χ3n) is 3.17. The number of hydrogen-bond acceptors (Lipinski definition) is 2. The van der Waals surface area contributed by atoms with Gasteiger partial charge in [-0.3, -0.25) is 4.79 Å². The van der Waals surface area contributed by atoms with Gasteiger partial charge < -0.3 is 4.74 Å². The summed E-state index contributed by atoms with van der Waals surface area (Å²) >= 11 is 5.97. The van der Waals surface area contributed by atoms with Crippen molar-refractivity contribution in [2.24, 2.45) is 0 Å². The van der Waals surface area contributed by atoms with Crippen molar-refractivity contribution in [1.29, 1.82) is 0 Å². The van der Waals surface area contributed by atoms with Crippen LogP contribution in [0.5, 0.6) is 5.75 Å². The van der Waals surface area contributed by atoms with Gasteiger partial charge in [0, 0.05) is 17.0 Å². The standard InChI is InChI=1S/C15H9ClF2O2/c16-10-5-9-3-4-20-15(9)11(7-10)14(19)8-1-2-12(17)13(18)6-8/h1-2,5-7H,3-4H2. The number of benzene rings is 2. The van der Waals surface area contributed by atoms with Crippen LogP contribution in [0.15, 0.2) is 30.3 Å². The van der Waals surface area contributed by atoms with E-state index in [4.69, 9.17) is 16.3 Å². The minimum Gasteiger partial charge on any atom is -0.492 e. The summed E-state index contributed by atoms with van der Waals surface area (Å²) < 4.78 is 31.6. The first-order chi connectivity index (χ1) is 9.56. The van der Waals surface area contributed by atoms with Crippen LogP contribution in [0.25, 0.3) is 0 Å². The van der Waals surface area contributed by atoms with E-state index in [1.165, 1.54) is 12.1 Å². The van der Waals surface area contributed by atoms with Crippen molar-refractivity contribution in [3.05, 3.63) is 63.7 Å². The van der Waals surface area contributed by atoms with Gasteiger partial charge in [0.15, 0.2) is 17.4 Å². The van der Waals surface area contributed by atoms with Gasteiger partial charge in [-0.1, -0.05) is 11.6 Å². The first-order valence-electron chi connectivity index (χ1n) is 6.01. The number of hydrogen-bond donors (Lipinski definition) is 0. The SMILES string of the molecule is O=C(c1ccc(F)c(F)c1)c1cc(Cl)cc2c1OCC2. The molecule has 0 fully saturated rings. The maximum Gasteiger partial charge on any atom is 0.196 e. The van der Waals surface area contributed by atoms with E-state index in [1.807, 2.05) is 0 Å². The topological polar surface area (TPSA) is 26.3 Å². The zero-order valence-electron chi connectivity index (χ0n) is 10.3. The lowest BCUT2D eigenvalue weighted by Crippen LogP contribution is -2.05. The van der Waals surface area contributed by atoms with Crippen molar-refractivity contribution in [3.8, 4) is 5.75 Å². The molecule has 0 spiro atoms. The molecule has 3 rings (SSSR count). The summed E-state index contributed by atoms with van der Waals surface area (Å²) in [6.07, 6.45) is 0.675. The first kappa shape index (κ1) is 13.1. The monoisotopic (exact) mass is 294 g/mol. The van der Waals surface area contributed by atoms with Crippen LogP contribution in [0.1, 0.15) is 21.5 Å². The van der Waals surface area contributed by atoms with Crippen LogP contribution >= 0.6 is 11.6 Å². The Morgan fingerprint density at radius 1 is 1.15 bits per heavy atom. The largest absolute Gasteiger partial charge is 0.492 e. The van der Waals surface area contributed by atoms with Crippen LogP contribution in [0, 0.1) is 11.6 Å². The predicted octanol–water partition coefficient (Wildman–Crippen LogP) is 3.78. The number of carbonyl (C=O) groups excluding carboxylic acids is 1. The van der Waals surface area contributed by atoms with Gasteiger partial charge in [0.05, 0.1) is 12.2 Å². The molecule has 0 saturated heterocycles. The maximum atomic E-state index is 13.2. The molecule has 0 aliphatic carbocycles. The average molecular weight is 295 g/mol. The van der Waals surface area contributed by atoms with Crippen molar-refractivity contribution in [3.63, 3.8) is 0 Å². The Morgan fingerprint density at radius 3 is 2.70 bits per heavy atom. The smallest absolute Gasteiger partial charge is 0.196 e. The van der Waals surface area contributed by atoms with Gasteiger partial charge in [-0.25, -0.2) is 8.78 Å². The lowest BCUT2D eigenvalue weighted by Gasteiger charge is -2.08. The van der Waals surface area contributed by atoms with Crippen molar-refractivity contribution in [2.45, 2.75) is 6.42 Å². The van der Waals surface area contributed by atoms with E-state index in [0.29, 0.717) is 23.8 Å². The number of carbonyl (C=O) groups is 1. The van der Waals surface area contributed by atoms with Gasteiger partial charge in [0.2, 0.25) is 0 Å². The van der Waals surface area contributed by atoms with Gasteiger partial charge in [0.1, 0.15) is 5.75 Å². The Labute approximate surface area is 118 Å². The second kappa shape index (κ2) is 4.87. The summed E-state index contributed by atoms with van der Waals surface area (Å²) in [7, 11) is 0. The van der Waals surface area contributed by atoms with Crippen LogP contribution in [-0.2, 0) is 6.42 Å². The van der Waals surface area contributed by atoms with Gasteiger partial charge in [-0.05, 0) is 35.9 Å². The van der Waals surface area contributed by atoms with Crippen LogP contribution in [0.2, 0.25) is 5.02 Å². The molecule has 0 bridgehead atoms. The molecule has 0 aromatic heterocycles. The van der Waals surface area contributed by atoms with Crippen molar-refractivity contribution in [1.82, 2.24) is 0 Å². The summed E-state index contributed by atoms with van der Waals surface area (Å²) in [4.78, 5) is 12.4. The second-order valence-corrected chi connectivity index (χ2v) is 4.93. The molecule has 0 radical (unpaired) electrons. The lowest BCUT2D eigenvalue weighted by atomic mass is 9.99. The minimum absolute atomic E-state index is 0.0591. The molecule has 1 aliphatic rings. The van der Waals surface area contributed by atoms with Crippen LogP contribution < -0.4 is 4.74 Å². The Bertz CT molecular complexity index is 713. The Kier molecular flexibility index (Phi) is 3.18. The number of rotatable bonds is 2. The molecule has 0 atom stereocenters. The molecule has 0 amide bonds. The summed E-state index contributed by atoms with van der Waals surface area (Å²) in [6.45, 7) is 0.480. The Hall–Kier alpha value is -1.94. The van der Waals surface area contributed by atoms with Crippen molar-refractivity contribution in [2.75, 3.05) is 6.61 Å². The van der Waals surface area contributed by atoms with E-state index in [9.17, 15) is 13.6 Å². The summed E-state index contributed by atoms with van der Waals surface area (Å²) in [5.41, 5.74) is 1.18. The van der Waals surface area contributed by atoms with Crippen LogP contribution in [0.4, 0.5) is 8.78 Å². The normalized spacial score (nSPS) is 12.9. The third kappa shape index (κ3) is 2.16. The maximum absolute atomic E-state index is 13.2. The summed E-state index contributed by atoms with van der Waals surface area (Å²) in [6, 6.07) is 6.26. The Morgan fingerprint density at radius 2 is 1.95 bits per heavy atom. The highest BCUT2D eigenvalue weighted by molar-refractivity contribution is 6.31. The lowest BCUT2D eigenvalue weighted by molar-refractivity contribution is 0.103. The summed E-state index contributed by atoms with van der Waals surface area (Å²) in [5.74, 6) is -2.02.